The Morgan fingerprint density at radius 3 is 2.62 bits per heavy atom. The molecule has 2 N–H and O–H groups in total. The molecule has 2 fully saturated rings. The Hall–Kier alpha value is -0.570. The summed E-state index contributed by atoms with van der Waals surface area (Å²) in [6.07, 6.45) is 5.65. The monoisotopic (exact) mass is 224 g/mol. The van der Waals surface area contributed by atoms with Crippen LogP contribution in [0, 0.1) is 10.8 Å². The maximum atomic E-state index is 12.3. The van der Waals surface area contributed by atoms with E-state index in [0.29, 0.717) is 5.41 Å². The summed E-state index contributed by atoms with van der Waals surface area (Å²) in [4.78, 5) is 12.3. The topological polar surface area (TPSA) is 41.1 Å². The zero-order valence-corrected chi connectivity index (χ0v) is 10.6. The predicted octanol–water partition coefficient (Wildman–Crippen LogP) is 1.68. The fourth-order valence-corrected chi connectivity index (χ4v) is 2.50. The highest BCUT2D eigenvalue weighted by Crippen LogP contribution is 2.44. The maximum Gasteiger partial charge on any atom is 0.227 e. The molecule has 1 atom stereocenters. The van der Waals surface area contributed by atoms with E-state index in [1.807, 2.05) is 0 Å². The molecule has 1 amide bonds. The first-order chi connectivity index (χ1) is 7.60. The molecule has 0 aromatic rings. The molecule has 0 bridgehead atoms. The van der Waals surface area contributed by atoms with E-state index in [9.17, 15) is 4.79 Å². The average Bonchev–Trinajstić information content (AvgIpc) is 3.06. The summed E-state index contributed by atoms with van der Waals surface area (Å²) in [5.41, 5.74) is 0.274. The highest BCUT2D eigenvalue weighted by molar-refractivity contribution is 5.83. The van der Waals surface area contributed by atoms with E-state index in [-0.39, 0.29) is 11.3 Å². The molecule has 1 saturated heterocycles. The van der Waals surface area contributed by atoms with Crippen LogP contribution in [0.3, 0.4) is 0 Å². The van der Waals surface area contributed by atoms with Gasteiger partial charge in [0.15, 0.2) is 0 Å². The van der Waals surface area contributed by atoms with Crippen LogP contribution in [0.5, 0.6) is 0 Å². The van der Waals surface area contributed by atoms with E-state index in [0.717, 1.165) is 38.9 Å². The molecule has 1 aliphatic carbocycles. The van der Waals surface area contributed by atoms with E-state index in [2.05, 4.69) is 24.5 Å². The largest absolute Gasteiger partial charge is 0.355 e. The Morgan fingerprint density at radius 2 is 2.12 bits per heavy atom. The first kappa shape index (κ1) is 11.9. The quantitative estimate of drug-likeness (QED) is 0.763. The molecule has 0 spiro atoms. The van der Waals surface area contributed by atoms with E-state index in [1.165, 1.54) is 12.8 Å². The molecule has 1 saturated carbocycles. The molecular formula is C13H24N2O. The fraction of sp³-hybridized carbons (Fsp3) is 0.923. The third kappa shape index (κ3) is 2.40. The third-order valence-corrected chi connectivity index (χ3v) is 4.41. The number of amides is 1. The minimum Gasteiger partial charge on any atom is -0.355 e. The molecular weight excluding hydrogens is 200 g/mol. The van der Waals surface area contributed by atoms with Gasteiger partial charge < -0.3 is 10.6 Å². The van der Waals surface area contributed by atoms with Crippen molar-refractivity contribution in [1.82, 2.24) is 10.6 Å². The predicted molar refractivity (Wildman–Crippen MR) is 65.2 cm³/mol. The molecule has 3 nitrogen and oxygen atoms in total. The minimum absolute atomic E-state index is 0.135. The van der Waals surface area contributed by atoms with Crippen molar-refractivity contribution < 1.29 is 4.79 Å². The number of carbonyl (C=O) groups is 1. The normalized spacial score (nSPS) is 32.1. The zero-order valence-electron chi connectivity index (χ0n) is 10.6. The molecule has 1 heterocycles. The lowest BCUT2D eigenvalue weighted by molar-refractivity contribution is -0.132. The Morgan fingerprint density at radius 1 is 1.38 bits per heavy atom. The van der Waals surface area contributed by atoms with Crippen LogP contribution >= 0.6 is 0 Å². The summed E-state index contributed by atoms with van der Waals surface area (Å²) < 4.78 is 0. The Labute approximate surface area is 98.4 Å². The lowest BCUT2D eigenvalue weighted by atomic mass is 9.77. The van der Waals surface area contributed by atoms with Gasteiger partial charge >= 0.3 is 0 Å². The standard InChI is InChI=1S/C13H24N2O/c1-3-13(5-4-8-14-10-13)11(16)15-9-12(2)6-7-12/h14H,3-10H2,1-2H3,(H,15,16). The molecule has 92 valence electrons. The van der Waals surface area contributed by atoms with E-state index >= 15 is 0 Å². The van der Waals surface area contributed by atoms with E-state index in [1.54, 1.807) is 0 Å². The van der Waals surface area contributed by atoms with Crippen molar-refractivity contribution in [3.8, 4) is 0 Å². The molecule has 0 radical (unpaired) electrons. The zero-order chi connectivity index (χ0) is 11.6. The van der Waals surface area contributed by atoms with Gasteiger partial charge in [-0.3, -0.25) is 4.79 Å². The molecule has 1 aliphatic heterocycles. The number of piperidine rings is 1. The van der Waals surface area contributed by atoms with Crippen LogP contribution in [0.1, 0.15) is 46.0 Å². The van der Waals surface area contributed by atoms with Crippen LogP contribution in [0.4, 0.5) is 0 Å². The van der Waals surface area contributed by atoms with Gasteiger partial charge in [-0.05, 0) is 44.1 Å². The Balaban J connectivity index is 1.89. The van der Waals surface area contributed by atoms with Gasteiger partial charge in [-0.2, -0.15) is 0 Å². The first-order valence-corrected chi connectivity index (χ1v) is 6.59. The summed E-state index contributed by atoms with van der Waals surface area (Å²) in [6.45, 7) is 7.17. The molecule has 16 heavy (non-hydrogen) atoms. The number of hydrogen-bond donors (Lipinski definition) is 2. The van der Waals surface area contributed by atoms with Crippen molar-refractivity contribution in [2.24, 2.45) is 10.8 Å². The summed E-state index contributed by atoms with van der Waals surface area (Å²) in [6, 6.07) is 0. The second kappa shape index (κ2) is 4.36. The van der Waals surface area contributed by atoms with Crippen LogP contribution < -0.4 is 10.6 Å². The lowest BCUT2D eigenvalue weighted by Gasteiger charge is -2.35. The van der Waals surface area contributed by atoms with Crippen molar-refractivity contribution in [1.29, 1.82) is 0 Å². The van der Waals surface area contributed by atoms with E-state index in [4.69, 9.17) is 0 Å². The van der Waals surface area contributed by atoms with Crippen LogP contribution in [0.15, 0.2) is 0 Å². The van der Waals surface area contributed by atoms with Gasteiger partial charge in [-0.15, -0.1) is 0 Å². The van der Waals surface area contributed by atoms with Crippen molar-refractivity contribution in [3.05, 3.63) is 0 Å². The van der Waals surface area contributed by atoms with Crippen molar-refractivity contribution >= 4 is 5.91 Å². The first-order valence-electron chi connectivity index (χ1n) is 6.59. The number of hydrogen-bond acceptors (Lipinski definition) is 2. The van der Waals surface area contributed by atoms with Crippen LogP contribution in [-0.4, -0.2) is 25.5 Å². The number of carbonyl (C=O) groups excluding carboxylic acids is 1. The maximum absolute atomic E-state index is 12.3. The second-order valence-electron chi connectivity index (χ2n) is 5.91. The van der Waals surface area contributed by atoms with Crippen molar-refractivity contribution in [2.75, 3.05) is 19.6 Å². The number of rotatable bonds is 4. The summed E-state index contributed by atoms with van der Waals surface area (Å²) in [7, 11) is 0. The second-order valence-corrected chi connectivity index (χ2v) is 5.91. The van der Waals surface area contributed by atoms with Gasteiger partial charge in [0.1, 0.15) is 0 Å². The van der Waals surface area contributed by atoms with Crippen LogP contribution in [-0.2, 0) is 4.79 Å². The molecule has 1 unspecified atom stereocenters. The van der Waals surface area contributed by atoms with E-state index < -0.39 is 0 Å². The van der Waals surface area contributed by atoms with Gasteiger partial charge in [0, 0.05) is 13.1 Å². The van der Waals surface area contributed by atoms with Gasteiger partial charge in [0.2, 0.25) is 5.91 Å². The molecule has 2 rings (SSSR count). The highest BCUT2D eigenvalue weighted by Gasteiger charge is 2.41. The molecule has 0 aromatic carbocycles. The SMILES string of the molecule is CCC1(C(=O)NCC2(C)CC2)CCCNC1. The average molecular weight is 224 g/mol. The summed E-state index contributed by atoms with van der Waals surface area (Å²) in [5, 5.41) is 6.53. The Kier molecular flexibility index (Phi) is 3.24. The lowest BCUT2D eigenvalue weighted by Crippen LogP contribution is -2.51. The van der Waals surface area contributed by atoms with Crippen molar-refractivity contribution in [2.45, 2.75) is 46.0 Å². The van der Waals surface area contributed by atoms with Crippen molar-refractivity contribution in [3.63, 3.8) is 0 Å². The minimum atomic E-state index is -0.135. The van der Waals surface area contributed by atoms with Gasteiger partial charge in [0.05, 0.1) is 5.41 Å². The molecule has 2 aliphatic rings. The summed E-state index contributed by atoms with van der Waals surface area (Å²) in [5.74, 6) is 0.273. The third-order valence-electron chi connectivity index (χ3n) is 4.41. The molecule has 0 aromatic heterocycles. The van der Waals surface area contributed by atoms with Crippen LogP contribution in [0.25, 0.3) is 0 Å². The fourth-order valence-electron chi connectivity index (χ4n) is 2.50. The number of nitrogens with one attached hydrogen (secondary N) is 2. The van der Waals surface area contributed by atoms with Gasteiger partial charge in [-0.25, -0.2) is 0 Å². The van der Waals surface area contributed by atoms with Crippen LogP contribution in [0.2, 0.25) is 0 Å². The molecule has 3 heteroatoms. The smallest absolute Gasteiger partial charge is 0.227 e. The van der Waals surface area contributed by atoms with Gasteiger partial charge in [-0.1, -0.05) is 13.8 Å². The Bertz CT molecular complexity index is 265. The summed E-state index contributed by atoms with van der Waals surface area (Å²) >= 11 is 0. The highest BCUT2D eigenvalue weighted by atomic mass is 16.2. The van der Waals surface area contributed by atoms with Gasteiger partial charge in [0.25, 0.3) is 0 Å².